The largest absolute Gasteiger partial charge is 0.496 e. The quantitative estimate of drug-likeness (QED) is 0.713. The molecular formula is C23H29NO3. The van der Waals surface area contributed by atoms with Crippen LogP contribution in [0.2, 0.25) is 0 Å². The lowest BCUT2D eigenvalue weighted by molar-refractivity contribution is -0.118. The Balaban J connectivity index is 2.33. The Kier molecular flexibility index (Phi) is 5.45. The number of carbonyl (C=O) groups is 1. The number of methoxy groups -OCH3 is 2. The van der Waals surface area contributed by atoms with Crippen molar-refractivity contribution in [3.05, 3.63) is 41.0 Å². The molecule has 3 rings (SSSR count). The van der Waals surface area contributed by atoms with Crippen molar-refractivity contribution in [3.8, 4) is 22.6 Å². The highest BCUT2D eigenvalue weighted by Gasteiger charge is 2.37. The van der Waals surface area contributed by atoms with E-state index in [0.29, 0.717) is 6.54 Å². The summed E-state index contributed by atoms with van der Waals surface area (Å²) < 4.78 is 11.6. The van der Waals surface area contributed by atoms with Crippen molar-refractivity contribution in [2.24, 2.45) is 0 Å². The maximum atomic E-state index is 12.8. The number of ether oxygens (including phenoxy) is 2. The van der Waals surface area contributed by atoms with Gasteiger partial charge in [-0.25, -0.2) is 0 Å². The molecule has 2 aromatic carbocycles. The van der Waals surface area contributed by atoms with E-state index in [9.17, 15) is 4.79 Å². The monoisotopic (exact) mass is 367 g/mol. The van der Waals surface area contributed by atoms with Gasteiger partial charge in [0.2, 0.25) is 5.91 Å². The number of amides is 1. The average Bonchev–Trinajstić information content (AvgIpc) is 2.92. The number of likely N-dealkylation sites (N-methyl/N-ethyl adjacent to an activating group) is 1. The van der Waals surface area contributed by atoms with Crippen molar-refractivity contribution in [2.75, 3.05) is 25.7 Å². The van der Waals surface area contributed by atoms with Crippen molar-refractivity contribution in [1.29, 1.82) is 0 Å². The van der Waals surface area contributed by atoms with Gasteiger partial charge in [-0.15, -0.1) is 0 Å². The molecule has 0 N–H and O–H groups in total. The van der Waals surface area contributed by atoms with Crippen LogP contribution in [0.1, 0.15) is 49.8 Å². The van der Waals surface area contributed by atoms with Crippen LogP contribution < -0.4 is 14.4 Å². The highest BCUT2D eigenvalue weighted by atomic mass is 16.5. The third kappa shape index (κ3) is 3.07. The maximum Gasteiger partial charge on any atom is 0.234 e. The van der Waals surface area contributed by atoms with Crippen LogP contribution in [0.25, 0.3) is 11.1 Å². The molecule has 0 spiro atoms. The summed E-state index contributed by atoms with van der Waals surface area (Å²) in [6.45, 7) is 8.92. The van der Waals surface area contributed by atoms with Crippen LogP contribution in [-0.2, 0) is 11.2 Å². The second kappa shape index (κ2) is 7.63. The van der Waals surface area contributed by atoms with Gasteiger partial charge >= 0.3 is 0 Å². The maximum absolute atomic E-state index is 12.8. The average molecular weight is 367 g/mol. The Morgan fingerprint density at radius 3 is 2.19 bits per heavy atom. The molecule has 0 saturated heterocycles. The smallest absolute Gasteiger partial charge is 0.234 e. The molecule has 0 bridgehead atoms. The Hall–Kier alpha value is -2.49. The van der Waals surface area contributed by atoms with Crippen LogP contribution in [-0.4, -0.2) is 26.7 Å². The van der Waals surface area contributed by atoms with E-state index in [1.165, 1.54) is 5.56 Å². The first-order valence-corrected chi connectivity index (χ1v) is 9.68. The molecule has 0 aromatic heterocycles. The van der Waals surface area contributed by atoms with E-state index in [1.54, 1.807) is 14.2 Å². The second-order valence-electron chi connectivity index (χ2n) is 7.12. The fourth-order valence-corrected chi connectivity index (χ4v) is 4.17. The molecule has 1 aliphatic rings. The van der Waals surface area contributed by atoms with Crippen LogP contribution in [0.3, 0.4) is 0 Å². The fourth-order valence-electron chi connectivity index (χ4n) is 4.17. The third-order valence-electron chi connectivity index (χ3n) is 5.46. The summed E-state index contributed by atoms with van der Waals surface area (Å²) >= 11 is 0. The summed E-state index contributed by atoms with van der Waals surface area (Å²) in [4.78, 5) is 14.7. The van der Waals surface area contributed by atoms with E-state index in [2.05, 4.69) is 38.1 Å². The molecule has 4 nitrogen and oxygen atoms in total. The zero-order chi connectivity index (χ0) is 19.7. The SMILES string of the molecule is CCCc1cc(OC)c(-c2c(C)ccc3c2C(C)C(=O)N3CC)c(OC)c1. The Morgan fingerprint density at radius 2 is 1.67 bits per heavy atom. The van der Waals surface area contributed by atoms with Crippen LogP contribution in [0.15, 0.2) is 24.3 Å². The molecule has 0 aliphatic carbocycles. The molecule has 1 aliphatic heterocycles. The van der Waals surface area contributed by atoms with Gasteiger partial charge in [0.1, 0.15) is 11.5 Å². The summed E-state index contributed by atoms with van der Waals surface area (Å²) in [5, 5.41) is 0. The topological polar surface area (TPSA) is 38.8 Å². The van der Waals surface area contributed by atoms with Gasteiger partial charge in [0.15, 0.2) is 0 Å². The molecule has 4 heteroatoms. The number of carbonyl (C=O) groups excluding carboxylic acids is 1. The van der Waals surface area contributed by atoms with Crippen molar-refractivity contribution in [1.82, 2.24) is 0 Å². The number of hydrogen-bond donors (Lipinski definition) is 0. The first-order valence-electron chi connectivity index (χ1n) is 9.68. The number of aryl methyl sites for hydroxylation is 2. The number of nitrogens with zero attached hydrogens (tertiary/aromatic N) is 1. The summed E-state index contributed by atoms with van der Waals surface area (Å²) in [6.07, 6.45) is 2.03. The highest BCUT2D eigenvalue weighted by Crippen LogP contribution is 2.50. The van der Waals surface area contributed by atoms with Crippen molar-refractivity contribution in [2.45, 2.75) is 46.5 Å². The Bertz CT molecular complexity index is 847. The zero-order valence-electron chi connectivity index (χ0n) is 17.2. The number of fused-ring (bicyclic) bond motifs is 1. The minimum Gasteiger partial charge on any atom is -0.496 e. The molecule has 144 valence electrons. The predicted molar refractivity (Wildman–Crippen MR) is 110 cm³/mol. The summed E-state index contributed by atoms with van der Waals surface area (Å²) in [6, 6.07) is 8.34. The summed E-state index contributed by atoms with van der Waals surface area (Å²) in [5.74, 6) is 1.56. The Labute approximate surface area is 162 Å². The van der Waals surface area contributed by atoms with Crippen molar-refractivity contribution < 1.29 is 14.3 Å². The van der Waals surface area contributed by atoms with Gasteiger partial charge in [-0.05, 0) is 67.6 Å². The summed E-state index contributed by atoms with van der Waals surface area (Å²) in [7, 11) is 3.39. The molecule has 1 amide bonds. The molecular weight excluding hydrogens is 338 g/mol. The van der Waals surface area contributed by atoms with E-state index >= 15 is 0 Å². The van der Waals surface area contributed by atoms with Gasteiger partial charge in [-0.2, -0.15) is 0 Å². The minimum atomic E-state index is -0.181. The predicted octanol–water partition coefficient (Wildman–Crippen LogP) is 5.10. The van der Waals surface area contributed by atoms with Crippen LogP contribution in [0, 0.1) is 6.92 Å². The van der Waals surface area contributed by atoms with Gasteiger partial charge in [-0.3, -0.25) is 4.79 Å². The highest BCUT2D eigenvalue weighted by molar-refractivity contribution is 6.08. The second-order valence-corrected chi connectivity index (χ2v) is 7.12. The first kappa shape index (κ1) is 19.3. The number of benzene rings is 2. The zero-order valence-corrected chi connectivity index (χ0v) is 17.2. The molecule has 1 unspecified atom stereocenters. The molecule has 0 radical (unpaired) electrons. The van der Waals surface area contributed by atoms with Crippen LogP contribution in [0.4, 0.5) is 5.69 Å². The summed E-state index contributed by atoms with van der Waals surface area (Å²) in [5.41, 5.74) is 6.37. The van der Waals surface area contributed by atoms with E-state index in [-0.39, 0.29) is 11.8 Å². The van der Waals surface area contributed by atoms with Gasteiger partial charge in [0.05, 0.1) is 25.7 Å². The van der Waals surface area contributed by atoms with E-state index in [0.717, 1.165) is 52.3 Å². The number of rotatable bonds is 6. The van der Waals surface area contributed by atoms with Crippen molar-refractivity contribution >= 4 is 11.6 Å². The molecule has 27 heavy (non-hydrogen) atoms. The first-order chi connectivity index (χ1) is 13.0. The van der Waals surface area contributed by atoms with Gasteiger partial charge in [0, 0.05) is 12.2 Å². The number of hydrogen-bond acceptors (Lipinski definition) is 3. The molecule has 1 heterocycles. The molecule has 0 fully saturated rings. The molecule has 0 saturated carbocycles. The van der Waals surface area contributed by atoms with Gasteiger partial charge < -0.3 is 14.4 Å². The Morgan fingerprint density at radius 1 is 1.04 bits per heavy atom. The fraction of sp³-hybridized carbons (Fsp3) is 0.435. The standard InChI is InChI=1S/C23H29NO3/c1-7-9-16-12-18(26-5)22(19(13-16)27-6)20-14(3)10-11-17-21(20)15(4)23(25)24(17)8-2/h10-13,15H,7-9H2,1-6H3. The van der Waals surface area contributed by atoms with Gasteiger partial charge in [0.25, 0.3) is 0 Å². The lowest BCUT2D eigenvalue weighted by Gasteiger charge is -2.21. The van der Waals surface area contributed by atoms with Crippen LogP contribution in [0.5, 0.6) is 11.5 Å². The minimum absolute atomic E-state index is 0.153. The van der Waals surface area contributed by atoms with Gasteiger partial charge in [-0.1, -0.05) is 19.4 Å². The molecule has 1 atom stereocenters. The third-order valence-corrected chi connectivity index (χ3v) is 5.46. The van der Waals surface area contributed by atoms with E-state index < -0.39 is 0 Å². The lowest BCUT2D eigenvalue weighted by atomic mass is 9.87. The number of anilines is 1. The molecule has 2 aromatic rings. The lowest BCUT2D eigenvalue weighted by Crippen LogP contribution is -2.27. The normalized spacial score (nSPS) is 15.9. The van der Waals surface area contributed by atoms with Crippen LogP contribution >= 0.6 is 0 Å². The van der Waals surface area contributed by atoms with Crippen molar-refractivity contribution in [3.63, 3.8) is 0 Å². The van der Waals surface area contributed by atoms with E-state index in [4.69, 9.17) is 9.47 Å². The van der Waals surface area contributed by atoms with E-state index in [1.807, 2.05) is 18.7 Å².